The molecule has 3 fully saturated rings. The number of amides is 2. The fraction of sp³-hybridized carbons (Fsp3) is 0.769. The molecule has 2 amide bonds. The first-order valence-electron chi connectivity index (χ1n) is 6.99. The molecule has 0 saturated carbocycles. The Hall–Kier alpha value is -1.51. The van der Waals surface area contributed by atoms with E-state index in [1.54, 1.807) is 5.06 Å². The predicted octanol–water partition coefficient (Wildman–Crippen LogP) is -1.33. The molecule has 3 saturated heterocycles. The SMILES string of the molecule is CC(=O)OC[C@H](O)[C@H]1CC[C@@H]2[C@@H]3C(=O)N(C)C(=O)[C@@H]3ON21. The molecular weight excluding hydrogens is 280 g/mol. The third kappa shape index (κ3) is 2.14. The summed E-state index contributed by atoms with van der Waals surface area (Å²) < 4.78 is 4.80. The summed E-state index contributed by atoms with van der Waals surface area (Å²) in [7, 11) is 1.46. The third-order valence-electron chi connectivity index (χ3n) is 4.48. The van der Waals surface area contributed by atoms with Crippen molar-refractivity contribution >= 4 is 17.8 Å². The van der Waals surface area contributed by atoms with E-state index in [1.165, 1.54) is 14.0 Å². The van der Waals surface area contributed by atoms with Gasteiger partial charge in [-0.2, -0.15) is 5.06 Å². The Morgan fingerprint density at radius 1 is 1.43 bits per heavy atom. The Morgan fingerprint density at radius 2 is 2.14 bits per heavy atom. The first-order chi connectivity index (χ1) is 9.91. The van der Waals surface area contributed by atoms with E-state index in [-0.39, 0.29) is 30.5 Å². The molecule has 0 aliphatic carbocycles. The molecule has 0 radical (unpaired) electrons. The van der Waals surface area contributed by atoms with Crippen LogP contribution in [0.4, 0.5) is 0 Å². The smallest absolute Gasteiger partial charge is 0.302 e. The van der Waals surface area contributed by atoms with Crippen LogP contribution in [-0.2, 0) is 24.0 Å². The minimum absolute atomic E-state index is 0.121. The number of nitrogens with zero attached hydrogens (tertiary/aromatic N) is 2. The number of ether oxygens (including phenoxy) is 1. The van der Waals surface area contributed by atoms with Crippen molar-refractivity contribution in [2.75, 3.05) is 13.7 Å². The van der Waals surface area contributed by atoms with E-state index in [1.807, 2.05) is 0 Å². The first-order valence-corrected chi connectivity index (χ1v) is 6.99. The number of aliphatic hydroxyl groups is 1. The first kappa shape index (κ1) is 14.4. The molecule has 3 heterocycles. The molecule has 8 heteroatoms. The number of aliphatic hydroxyl groups excluding tert-OH is 1. The van der Waals surface area contributed by atoms with Crippen molar-refractivity contribution in [1.29, 1.82) is 0 Å². The highest BCUT2D eigenvalue weighted by molar-refractivity contribution is 6.07. The number of likely N-dealkylation sites (N-methyl/N-ethyl adjacent to an activating group) is 1. The average molecular weight is 298 g/mol. The molecule has 3 rings (SSSR count). The van der Waals surface area contributed by atoms with Crippen LogP contribution in [0.2, 0.25) is 0 Å². The van der Waals surface area contributed by atoms with Crippen molar-refractivity contribution in [3.8, 4) is 0 Å². The fourth-order valence-electron chi connectivity index (χ4n) is 3.43. The number of hydrogen-bond acceptors (Lipinski definition) is 7. The minimum atomic E-state index is -0.902. The van der Waals surface area contributed by atoms with E-state index in [2.05, 4.69) is 0 Å². The van der Waals surface area contributed by atoms with E-state index < -0.39 is 24.1 Å². The summed E-state index contributed by atoms with van der Waals surface area (Å²) in [5.74, 6) is -1.52. The summed E-state index contributed by atoms with van der Waals surface area (Å²) in [4.78, 5) is 41.6. The second-order valence-corrected chi connectivity index (χ2v) is 5.73. The van der Waals surface area contributed by atoms with E-state index in [0.29, 0.717) is 12.8 Å². The highest BCUT2D eigenvalue weighted by atomic mass is 16.7. The molecule has 21 heavy (non-hydrogen) atoms. The summed E-state index contributed by atoms with van der Waals surface area (Å²) >= 11 is 0. The highest BCUT2D eigenvalue weighted by Crippen LogP contribution is 2.43. The Kier molecular flexibility index (Phi) is 3.46. The summed E-state index contributed by atoms with van der Waals surface area (Å²) in [5, 5.41) is 11.7. The van der Waals surface area contributed by atoms with Gasteiger partial charge in [-0.05, 0) is 12.8 Å². The zero-order valence-corrected chi connectivity index (χ0v) is 11.9. The van der Waals surface area contributed by atoms with Gasteiger partial charge in [-0.15, -0.1) is 0 Å². The number of carbonyl (C=O) groups excluding carboxylic acids is 3. The van der Waals surface area contributed by atoms with Gasteiger partial charge in [0.2, 0.25) is 5.91 Å². The maximum Gasteiger partial charge on any atom is 0.302 e. The van der Waals surface area contributed by atoms with Crippen LogP contribution in [0.1, 0.15) is 19.8 Å². The summed E-state index contributed by atoms with van der Waals surface area (Å²) in [6.07, 6.45) is -0.394. The van der Waals surface area contributed by atoms with Gasteiger partial charge in [0.05, 0.1) is 18.0 Å². The molecule has 116 valence electrons. The lowest BCUT2D eigenvalue weighted by Gasteiger charge is -2.27. The molecular formula is C13H18N2O6. The Morgan fingerprint density at radius 3 is 2.81 bits per heavy atom. The molecule has 3 aliphatic rings. The molecule has 0 unspecified atom stereocenters. The molecule has 0 bridgehead atoms. The standard InChI is InChI=1S/C13H18N2O6/c1-6(16)20-5-9(17)7-3-4-8-10-11(21-15(7)8)13(19)14(2)12(10)18/h7-11,17H,3-5H2,1-2H3/t7-,8-,9+,10+,11-/m1/s1. The number of fused-ring (bicyclic) bond motifs is 3. The van der Waals surface area contributed by atoms with Crippen molar-refractivity contribution in [3.05, 3.63) is 0 Å². The minimum Gasteiger partial charge on any atom is -0.463 e. The normalized spacial score (nSPS) is 36.8. The number of hydrogen-bond donors (Lipinski definition) is 1. The van der Waals surface area contributed by atoms with Crippen LogP contribution in [-0.4, -0.2) is 70.8 Å². The molecule has 0 spiro atoms. The maximum atomic E-state index is 12.1. The Balaban J connectivity index is 1.71. The van der Waals surface area contributed by atoms with E-state index >= 15 is 0 Å². The van der Waals surface area contributed by atoms with Crippen LogP contribution in [0.3, 0.4) is 0 Å². The van der Waals surface area contributed by atoms with Gasteiger partial charge in [0, 0.05) is 14.0 Å². The van der Waals surface area contributed by atoms with Crippen molar-refractivity contribution in [2.24, 2.45) is 5.92 Å². The molecule has 8 nitrogen and oxygen atoms in total. The molecule has 3 aliphatic heterocycles. The van der Waals surface area contributed by atoms with Gasteiger partial charge in [0.25, 0.3) is 5.91 Å². The van der Waals surface area contributed by atoms with E-state index in [0.717, 1.165) is 4.90 Å². The maximum absolute atomic E-state index is 12.1. The Bertz CT molecular complexity index is 495. The van der Waals surface area contributed by atoms with Gasteiger partial charge >= 0.3 is 5.97 Å². The number of hydroxylamine groups is 2. The predicted molar refractivity (Wildman–Crippen MR) is 67.4 cm³/mol. The van der Waals surface area contributed by atoms with Gasteiger partial charge in [0.1, 0.15) is 12.7 Å². The molecule has 0 aromatic carbocycles. The van der Waals surface area contributed by atoms with Crippen LogP contribution in [0.15, 0.2) is 0 Å². The summed E-state index contributed by atoms with van der Waals surface area (Å²) in [6, 6.07) is -0.570. The van der Waals surface area contributed by atoms with Gasteiger partial charge in [0.15, 0.2) is 6.10 Å². The molecule has 0 aromatic heterocycles. The molecule has 5 atom stereocenters. The van der Waals surface area contributed by atoms with Gasteiger partial charge in [-0.3, -0.25) is 24.1 Å². The van der Waals surface area contributed by atoms with Crippen LogP contribution < -0.4 is 0 Å². The topological polar surface area (TPSA) is 96.4 Å². The zero-order chi connectivity index (χ0) is 15.3. The van der Waals surface area contributed by atoms with E-state index in [9.17, 15) is 19.5 Å². The van der Waals surface area contributed by atoms with Crippen LogP contribution >= 0.6 is 0 Å². The number of esters is 1. The summed E-state index contributed by atoms with van der Waals surface area (Å²) in [6.45, 7) is 1.15. The Labute approximate surface area is 121 Å². The van der Waals surface area contributed by atoms with Gasteiger partial charge in [-0.25, -0.2) is 0 Å². The lowest BCUT2D eigenvalue weighted by atomic mass is 9.95. The lowest BCUT2D eigenvalue weighted by Crippen LogP contribution is -2.44. The van der Waals surface area contributed by atoms with Crippen LogP contribution in [0.25, 0.3) is 0 Å². The zero-order valence-electron chi connectivity index (χ0n) is 11.9. The van der Waals surface area contributed by atoms with Gasteiger partial charge < -0.3 is 9.84 Å². The van der Waals surface area contributed by atoms with Crippen molar-refractivity contribution in [1.82, 2.24) is 9.96 Å². The van der Waals surface area contributed by atoms with Crippen molar-refractivity contribution in [2.45, 2.75) is 44.1 Å². The van der Waals surface area contributed by atoms with Gasteiger partial charge in [-0.1, -0.05) is 0 Å². The highest BCUT2D eigenvalue weighted by Gasteiger charge is 2.61. The molecule has 1 N–H and O–H groups in total. The quantitative estimate of drug-likeness (QED) is 0.509. The average Bonchev–Trinajstić information content (AvgIpc) is 3.05. The number of likely N-dealkylation sites (tertiary alicyclic amines) is 1. The monoisotopic (exact) mass is 298 g/mol. The number of carbonyl (C=O) groups is 3. The van der Waals surface area contributed by atoms with Crippen LogP contribution in [0, 0.1) is 5.92 Å². The second-order valence-electron chi connectivity index (χ2n) is 5.73. The van der Waals surface area contributed by atoms with Crippen LogP contribution in [0.5, 0.6) is 0 Å². The van der Waals surface area contributed by atoms with Crippen molar-refractivity contribution in [3.63, 3.8) is 0 Å². The number of rotatable bonds is 3. The third-order valence-corrected chi connectivity index (χ3v) is 4.48. The van der Waals surface area contributed by atoms with Crippen molar-refractivity contribution < 1.29 is 29.1 Å². The fourth-order valence-corrected chi connectivity index (χ4v) is 3.43. The largest absolute Gasteiger partial charge is 0.463 e. The second kappa shape index (κ2) is 5.04. The number of imide groups is 1. The lowest BCUT2D eigenvalue weighted by molar-refractivity contribution is -0.200. The molecule has 0 aromatic rings. The van der Waals surface area contributed by atoms with E-state index in [4.69, 9.17) is 9.57 Å². The summed E-state index contributed by atoms with van der Waals surface area (Å²) in [5.41, 5.74) is 0.